The number of aromatic nitrogens is 2. The van der Waals surface area contributed by atoms with Crippen LogP contribution in [0.2, 0.25) is 5.02 Å². The Labute approximate surface area is 197 Å². The van der Waals surface area contributed by atoms with Gasteiger partial charge in [-0.05, 0) is 35.4 Å². The molecule has 2 aromatic heterocycles. The smallest absolute Gasteiger partial charge is 0.422 e. The number of halogens is 5. The zero-order valence-corrected chi connectivity index (χ0v) is 18.6. The third kappa shape index (κ3) is 5.39. The van der Waals surface area contributed by atoms with Crippen molar-refractivity contribution in [3.8, 4) is 22.8 Å². The van der Waals surface area contributed by atoms with Crippen LogP contribution < -0.4 is 14.4 Å². The van der Waals surface area contributed by atoms with Gasteiger partial charge >= 0.3 is 6.18 Å². The Morgan fingerprint density at radius 3 is 2.74 bits per heavy atom. The number of carbonyl (C=O) groups excluding carboxylic acids is 1. The van der Waals surface area contributed by atoms with E-state index >= 15 is 0 Å². The molecular formula is C23H18ClF4N3O3. The number of fused-ring (bicyclic) bond motifs is 1. The lowest BCUT2D eigenvalue weighted by Crippen LogP contribution is -2.29. The van der Waals surface area contributed by atoms with Gasteiger partial charge in [0.2, 0.25) is 5.88 Å². The average molecular weight is 496 g/mol. The van der Waals surface area contributed by atoms with Crippen LogP contribution in [0.15, 0.2) is 42.7 Å². The van der Waals surface area contributed by atoms with Crippen LogP contribution in [0.3, 0.4) is 0 Å². The Kier molecular flexibility index (Phi) is 6.60. The molecule has 0 saturated heterocycles. The summed E-state index contributed by atoms with van der Waals surface area (Å²) < 4.78 is 62.5. The first kappa shape index (κ1) is 23.7. The molecule has 1 aliphatic heterocycles. The van der Waals surface area contributed by atoms with E-state index < -0.39 is 18.6 Å². The summed E-state index contributed by atoms with van der Waals surface area (Å²) in [6.45, 7) is -0.431. The van der Waals surface area contributed by atoms with Crippen LogP contribution in [0, 0.1) is 5.82 Å². The van der Waals surface area contributed by atoms with Crippen molar-refractivity contribution in [3.63, 3.8) is 0 Å². The summed E-state index contributed by atoms with van der Waals surface area (Å²) in [5.41, 5.74) is 1.00. The highest BCUT2D eigenvalue weighted by Crippen LogP contribution is 2.33. The van der Waals surface area contributed by atoms with Crippen molar-refractivity contribution in [2.75, 3.05) is 31.7 Å². The Balaban J connectivity index is 1.63. The molecule has 6 nitrogen and oxygen atoms in total. The molecule has 0 N–H and O–H groups in total. The number of Topliss-reactive ketones (excluding diaryl/α,β-unsaturated/α-hetero) is 1. The molecule has 0 saturated carbocycles. The number of carbonyl (C=O) groups is 1. The van der Waals surface area contributed by atoms with Crippen molar-refractivity contribution >= 4 is 23.2 Å². The quantitative estimate of drug-likeness (QED) is 0.349. The Morgan fingerprint density at radius 2 is 2.00 bits per heavy atom. The maximum atomic E-state index is 14.0. The molecule has 0 aliphatic carbocycles. The largest absolute Gasteiger partial charge is 0.488 e. The van der Waals surface area contributed by atoms with Gasteiger partial charge in [0, 0.05) is 37.0 Å². The molecule has 4 rings (SSSR count). The number of anilines is 1. The minimum atomic E-state index is -4.59. The van der Waals surface area contributed by atoms with Gasteiger partial charge in [0.05, 0.1) is 11.6 Å². The van der Waals surface area contributed by atoms with E-state index in [1.54, 1.807) is 6.07 Å². The monoisotopic (exact) mass is 495 g/mol. The number of pyridine rings is 2. The number of ether oxygens (including phenoxy) is 2. The Morgan fingerprint density at radius 1 is 1.21 bits per heavy atom. The second-order valence-corrected chi connectivity index (χ2v) is 8.05. The van der Waals surface area contributed by atoms with Crippen molar-refractivity contribution < 1.29 is 31.8 Å². The van der Waals surface area contributed by atoms with E-state index in [4.69, 9.17) is 21.1 Å². The lowest BCUT2D eigenvalue weighted by molar-refractivity contribution is -0.154. The van der Waals surface area contributed by atoms with Gasteiger partial charge in [0.15, 0.2) is 24.0 Å². The first-order valence-corrected chi connectivity index (χ1v) is 10.5. The molecule has 0 bridgehead atoms. The molecule has 1 aromatic carbocycles. The fourth-order valence-corrected chi connectivity index (χ4v) is 3.51. The molecule has 1 aliphatic rings. The van der Waals surface area contributed by atoms with E-state index in [2.05, 4.69) is 9.97 Å². The van der Waals surface area contributed by atoms with Crippen LogP contribution in [0.25, 0.3) is 11.1 Å². The molecule has 178 valence electrons. The number of alkyl halides is 3. The minimum absolute atomic E-state index is 0.0960. The van der Waals surface area contributed by atoms with Crippen LogP contribution in [0.4, 0.5) is 23.4 Å². The normalized spacial score (nSPS) is 13.3. The van der Waals surface area contributed by atoms with E-state index in [1.807, 2.05) is 11.9 Å². The highest BCUT2D eigenvalue weighted by Gasteiger charge is 2.29. The van der Waals surface area contributed by atoms with E-state index in [1.165, 1.54) is 30.6 Å². The van der Waals surface area contributed by atoms with Crippen LogP contribution in [0.1, 0.15) is 15.9 Å². The lowest BCUT2D eigenvalue weighted by Gasteiger charge is -2.26. The fourth-order valence-electron chi connectivity index (χ4n) is 3.40. The number of hydrogen-bond acceptors (Lipinski definition) is 6. The molecule has 3 heterocycles. The highest BCUT2D eigenvalue weighted by atomic mass is 35.5. The van der Waals surface area contributed by atoms with Crippen LogP contribution >= 0.6 is 11.6 Å². The molecule has 0 atom stereocenters. The maximum absolute atomic E-state index is 14.0. The minimum Gasteiger partial charge on any atom is -0.488 e. The van der Waals surface area contributed by atoms with Gasteiger partial charge in [-0.2, -0.15) is 13.2 Å². The summed E-state index contributed by atoms with van der Waals surface area (Å²) >= 11 is 5.72. The van der Waals surface area contributed by atoms with Gasteiger partial charge in [-0.3, -0.25) is 4.79 Å². The van der Waals surface area contributed by atoms with Gasteiger partial charge in [-0.25, -0.2) is 14.4 Å². The van der Waals surface area contributed by atoms with Crippen molar-refractivity contribution in [1.82, 2.24) is 9.97 Å². The van der Waals surface area contributed by atoms with Crippen LogP contribution in [0.5, 0.6) is 11.6 Å². The molecule has 0 spiro atoms. The Bertz CT molecular complexity index is 1240. The third-order valence-electron chi connectivity index (χ3n) is 5.08. The third-order valence-corrected chi connectivity index (χ3v) is 5.38. The summed E-state index contributed by atoms with van der Waals surface area (Å²) in [6, 6.07) is 6.80. The summed E-state index contributed by atoms with van der Waals surface area (Å²) in [6.07, 6.45) is -2.02. The number of hydrogen-bond donors (Lipinski definition) is 0. The topological polar surface area (TPSA) is 64.5 Å². The number of ketones is 1. The van der Waals surface area contributed by atoms with E-state index in [-0.39, 0.29) is 34.2 Å². The van der Waals surface area contributed by atoms with Gasteiger partial charge in [0.25, 0.3) is 0 Å². The summed E-state index contributed by atoms with van der Waals surface area (Å²) in [4.78, 5) is 23.0. The molecule has 11 heteroatoms. The standard InChI is InChI=1S/C23H18ClF4N3O3/c1-31-4-5-33-20-9-15(11-29-21(20)31)19(32)7-13-6-16(14-2-3-17(24)18(25)8-14)22(30-10-13)34-12-23(26,27)28/h2-3,6,8-11H,4-5,7,12H2,1H3. The maximum Gasteiger partial charge on any atom is 0.422 e. The zero-order chi connectivity index (χ0) is 24.5. The Hall–Kier alpha value is -3.40. The van der Waals surface area contributed by atoms with Gasteiger partial charge in [0.1, 0.15) is 12.4 Å². The number of benzene rings is 1. The molecular weight excluding hydrogens is 478 g/mol. The SMILES string of the molecule is CN1CCOc2cc(C(=O)Cc3cnc(OCC(F)(F)F)c(-c4ccc(Cl)c(F)c4)c3)cnc21. The predicted molar refractivity (Wildman–Crippen MR) is 117 cm³/mol. The summed E-state index contributed by atoms with van der Waals surface area (Å²) in [7, 11) is 1.87. The second-order valence-electron chi connectivity index (χ2n) is 7.64. The van der Waals surface area contributed by atoms with Crippen molar-refractivity contribution in [1.29, 1.82) is 0 Å². The average Bonchev–Trinajstić information content (AvgIpc) is 2.79. The molecule has 0 radical (unpaired) electrons. The van der Waals surface area contributed by atoms with Crippen LogP contribution in [-0.4, -0.2) is 48.7 Å². The first-order valence-electron chi connectivity index (χ1n) is 10.1. The predicted octanol–water partition coefficient (Wildman–Crippen LogP) is 5.13. The van der Waals surface area contributed by atoms with Crippen molar-refractivity contribution in [2.24, 2.45) is 0 Å². The number of rotatable bonds is 6. The highest BCUT2D eigenvalue weighted by molar-refractivity contribution is 6.30. The van der Waals surface area contributed by atoms with Gasteiger partial charge in [-0.1, -0.05) is 17.7 Å². The van der Waals surface area contributed by atoms with Crippen LogP contribution in [-0.2, 0) is 6.42 Å². The fraction of sp³-hybridized carbons (Fsp3) is 0.261. The lowest BCUT2D eigenvalue weighted by atomic mass is 10.0. The summed E-state index contributed by atoms with van der Waals surface area (Å²) in [5.74, 6) is -0.283. The summed E-state index contributed by atoms with van der Waals surface area (Å²) in [5, 5.41) is -0.145. The molecule has 0 amide bonds. The number of likely N-dealkylation sites (N-methyl/N-ethyl adjacent to an activating group) is 1. The van der Waals surface area contributed by atoms with Gasteiger partial charge < -0.3 is 14.4 Å². The van der Waals surface area contributed by atoms with E-state index in [9.17, 15) is 22.4 Å². The number of nitrogens with zero attached hydrogens (tertiary/aromatic N) is 3. The molecule has 0 fully saturated rings. The van der Waals surface area contributed by atoms with E-state index in [0.29, 0.717) is 35.8 Å². The van der Waals surface area contributed by atoms with Gasteiger partial charge in [-0.15, -0.1) is 0 Å². The van der Waals surface area contributed by atoms with Crippen molar-refractivity contribution in [2.45, 2.75) is 12.6 Å². The molecule has 0 unspecified atom stereocenters. The van der Waals surface area contributed by atoms with Crippen molar-refractivity contribution in [3.05, 3.63) is 64.7 Å². The molecule has 34 heavy (non-hydrogen) atoms. The van der Waals surface area contributed by atoms with E-state index in [0.717, 1.165) is 6.07 Å². The second kappa shape index (κ2) is 9.46. The first-order chi connectivity index (χ1) is 16.1. The zero-order valence-electron chi connectivity index (χ0n) is 17.8. The molecule has 3 aromatic rings.